The van der Waals surface area contributed by atoms with E-state index in [-0.39, 0.29) is 23.8 Å². The second-order valence-electron chi connectivity index (χ2n) is 10.6. The molecule has 6 heteroatoms. The minimum absolute atomic E-state index is 0.117. The molecule has 6 atom stereocenters. The number of piperidine rings is 1. The smallest absolute Gasteiger partial charge is 0.407 e. The van der Waals surface area contributed by atoms with Gasteiger partial charge in [-0.3, -0.25) is 4.79 Å². The maximum Gasteiger partial charge on any atom is 0.407 e. The molecular formula is C22H36N2O4. The number of alkyl carbamates (subject to hydrolysis) is 1. The third-order valence-corrected chi connectivity index (χ3v) is 7.62. The minimum Gasteiger partial charge on any atom is -0.444 e. The standard InChI is InChI=1S/C22H36N2O4/c1-21(2,3)28-20(26)23-18-15-8-7-14(12-15)17(18)19(25)24-11-10-22(27)9-5-4-6-16(22)13-24/h14-18,27H,4-13H2,1-3H3,(H,23,26)/t14-,15-,16-,17-,18+,22+/m0/s1. The summed E-state index contributed by atoms with van der Waals surface area (Å²) in [4.78, 5) is 27.9. The van der Waals surface area contributed by atoms with Gasteiger partial charge in [0, 0.05) is 25.0 Å². The highest BCUT2D eigenvalue weighted by Gasteiger charge is 2.54. The van der Waals surface area contributed by atoms with E-state index >= 15 is 0 Å². The van der Waals surface area contributed by atoms with E-state index in [9.17, 15) is 14.7 Å². The van der Waals surface area contributed by atoms with Crippen molar-refractivity contribution in [2.45, 2.75) is 89.4 Å². The van der Waals surface area contributed by atoms with Gasteiger partial charge in [0.25, 0.3) is 0 Å². The Morgan fingerprint density at radius 1 is 1.11 bits per heavy atom. The molecule has 0 spiro atoms. The fourth-order valence-corrected chi connectivity index (χ4v) is 6.28. The number of amides is 2. The molecule has 158 valence electrons. The number of rotatable bonds is 2. The molecule has 2 amide bonds. The van der Waals surface area contributed by atoms with Crippen molar-refractivity contribution in [3.63, 3.8) is 0 Å². The summed E-state index contributed by atoms with van der Waals surface area (Å²) >= 11 is 0. The van der Waals surface area contributed by atoms with E-state index in [0.29, 0.717) is 31.3 Å². The molecule has 4 rings (SSSR count). The monoisotopic (exact) mass is 392 g/mol. The van der Waals surface area contributed by atoms with Crippen molar-refractivity contribution in [1.29, 1.82) is 0 Å². The van der Waals surface area contributed by atoms with Crippen LogP contribution in [0, 0.1) is 23.7 Å². The van der Waals surface area contributed by atoms with Crippen molar-refractivity contribution >= 4 is 12.0 Å². The minimum atomic E-state index is -0.572. The van der Waals surface area contributed by atoms with Gasteiger partial charge in [0.05, 0.1) is 11.5 Å². The number of nitrogens with zero attached hydrogens (tertiary/aromatic N) is 1. The lowest BCUT2D eigenvalue weighted by atomic mass is 9.71. The number of hydrogen-bond acceptors (Lipinski definition) is 4. The molecule has 6 nitrogen and oxygen atoms in total. The predicted molar refractivity (Wildman–Crippen MR) is 106 cm³/mol. The Hall–Kier alpha value is -1.30. The van der Waals surface area contributed by atoms with Crippen LogP contribution in [-0.4, -0.2) is 52.3 Å². The Morgan fingerprint density at radius 3 is 2.61 bits per heavy atom. The Morgan fingerprint density at radius 2 is 1.86 bits per heavy atom. The number of aliphatic hydroxyl groups is 1. The van der Waals surface area contributed by atoms with Crippen LogP contribution in [0.5, 0.6) is 0 Å². The van der Waals surface area contributed by atoms with E-state index in [4.69, 9.17) is 4.74 Å². The van der Waals surface area contributed by atoms with Gasteiger partial charge >= 0.3 is 6.09 Å². The number of carbonyl (C=O) groups is 2. The molecule has 1 saturated heterocycles. The first-order valence-corrected chi connectivity index (χ1v) is 11.2. The second kappa shape index (κ2) is 7.19. The zero-order valence-corrected chi connectivity index (χ0v) is 17.6. The molecule has 0 aromatic carbocycles. The molecule has 4 aliphatic rings. The van der Waals surface area contributed by atoms with Gasteiger partial charge in [0.1, 0.15) is 5.60 Å². The molecule has 1 aliphatic heterocycles. The van der Waals surface area contributed by atoms with Crippen molar-refractivity contribution in [2.24, 2.45) is 23.7 Å². The number of hydrogen-bond donors (Lipinski definition) is 2. The summed E-state index contributed by atoms with van der Waals surface area (Å²) in [5.41, 5.74) is -1.11. The number of likely N-dealkylation sites (tertiary alicyclic amines) is 1. The van der Waals surface area contributed by atoms with E-state index < -0.39 is 17.3 Å². The van der Waals surface area contributed by atoms with Gasteiger partial charge in [-0.25, -0.2) is 4.79 Å². The summed E-state index contributed by atoms with van der Waals surface area (Å²) < 4.78 is 5.46. The first-order valence-electron chi connectivity index (χ1n) is 11.2. The molecule has 4 fully saturated rings. The second-order valence-corrected chi connectivity index (χ2v) is 10.6. The summed E-state index contributed by atoms with van der Waals surface area (Å²) in [6.45, 7) is 6.88. The SMILES string of the molecule is CC(C)(C)OC(=O)N[C@@H]1[C@H]2CC[C@@H](C2)[C@@H]1C(=O)N1CC[C@]2(O)CCCC[C@H]2C1. The zero-order chi connectivity index (χ0) is 20.1. The normalized spacial score (nSPS) is 40.1. The van der Waals surface area contributed by atoms with Crippen molar-refractivity contribution in [2.75, 3.05) is 13.1 Å². The fourth-order valence-electron chi connectivity index (χ4n) is 6.28. The Kier molecular flexibility index (Phi) is 5.13. The molecule has 2 N–H and O–H groups in total. The lowest BCUT2D eigenvalue weighted by Gasteiger charge is -2.48. The third-order valence-electron chi connectivity index (χ3n) is 7.62. The highest BCUT2D eigenvalue weighted by molar-refractivity contribution is 5.82. The highest BCUT2D eigenvalue weighted by atomic mass is 16.6. The highest BCUT2D eigenvalue weighted by Crippen LogP contribution is 2.50. The molecule has 0 radical (unpaired) electrons. The van der Waals surface area contributed by atoms with E-state index in [2.05, 4.69) is 5.32 Å². The third kappa shape index (κ3) is 3.77. The van der Waals surface area contributed by atoms with Gasteiger partial charge < -0.3 is 20.1 Å². The van der Waals surface area contributed by atoms with Crippen LogP contribution in [0.2, 0.25) is 0 Å². The van der Waals surface area contributed by atoms with Crippen molar-refractivity contribution in [3.05, 3.63) is 0 Å². The molecule has 0 aromatic rings. The fraction of sp³-hybridized carbons (Fsp3) is 0.909. The number of nitrogens with one attached hydrogen (secondary N) is 1. The maximum atomic E-state index is 13.5. The van der Waals surface area contributed by atoms with Crippen LogP contribution >= 0.6 is 0 Å². The zero-order valence-electron chi connectivity index (χ0n) is 17.6. The van der Waals surface area contributed by atoms with Gasteiger partial charge in [-0.2, -0.15) is 0 Å². The van der Waals surface area contributed by atoms with Crippen molar-refractivity contribution in [1.82, 2.24) is 10.2 Å². The summed E-state index contributed by atoms with van der Waals surface area (Å²) in [5, 5.41) is 14.0. The molecule has 1 heterocycles. The van der Waals surface area contributed by atoms with Gasteiger partial charge in [0.15, 0.2) is 0 Å². The van der Waals surface area contributed by atoms with Crippen LogP contribution in [-0.2, 0) is 9.53 Å². The summed E-state index contributed by atoms with van der Waals surface area (Å²) in [7, 11) is 0. The van der Waals surface area contributed by atoms with E-state index in [0.717, 1.165) is 44.9 Å². The summed E-state index contributed by atoms with van der Waals surface area (Å²) in [6, 6.07) is -0.117. The van der Waals surface area contributed by atoms with Crippen LogP contribution in [0.4, 0.5) is 4.79 Å². The van der Waals surface area contributed by atoms with Crippen molar-refractivity contribution < 1.29 is 19.4 Å². The maximum absolute atomic E-state index is 13.5. The first-order chi connectivity index (χ1) is 13.2. The lowest BCUT2D eigenvalue weighted by molar-refractivity contribution is -0.149. The average molecular weight is 393 g/mol. The Bertz CT molecular complexity index is 631. The topological polar surface area (TPSA) is 78.9 Å². The van der Waals surface area contributed by atoms with Gasteiger partial charge in [-0.15, -0.1) is 0 Å². The molecule has 3 saturated carbocycles. The van der Waals surface area contributed by atoms with Crippen LogP contribution in [0.25, 0.3) is 0 Å². The lowest BCUT2D eigenvalue weighted by Crippen LogP contribution is -2.58. The number of carbonyl (C=O) groups excluding carboxylic acids is 2. The van der Waals surface area contributed by atoms with Crippen molar-refractivity contribution in [3.8, 4) is 0 Å². The van der Waals surface area contributed by atoms with Crippen LogP contribution in [0.15, 0.2) is 0 Å². The van der Waals surface area contributed by atoms with Crippen LogP contribution in [0.3, 0.4) is 0 Å². The van der Waals surface area contributed by atoms with E-state index in [1.165, 1.54) is 0 Å². The van der Waals surface area contributed by atoms with Crippen LogP contribution in [0.1, 0.15) is 72.1 Å². The molecule has 3 aliphatic carbocycles. The van der Waals surface area contributed by atoms with E-state index in [1.807, 2.05) is 25.7 Å². The summed E-state index contributed by atoms with van der Waals surface area (Å²) in [6.07, 6.45) is 7.58. The first kappa shape index (κ1) is 20.0. The van der Waals surface area contributed by atoms with Gasteiger partial charge in [-0.1, -0.05) is 12.8 Å². The Balaban J connectivity index is 1.44. The van der Waals surface area contributed by atoms with Crippen LogP contribution < -0.4 is 5.32 Å². The molecule has 0 unspecified atom stereocenters. The summed E-state index contributed by atoms with van der Waals surface area (Å²) in [5.74, 6) is 0.990. The molecule has 28 heavy (non-hydrogen) atoms. The number of fused-ring (bicyclic) bond motifs is 3. The van der Waals surface area contributed by atoms with Gasteiger partial charge in [0.2, 0.25) is 5.91 Å². The Labute approximate surface area is 168 Å². The molecular weight excluding hydrogens is 356 g/mol. The number of ether oxygens (including phenoxy) is 1. The average Bonchev–Trinajstić information content (AvgIpc) is 3.20. The predicted octanol–water partition coefficient (Wildman–Crippen LogP) is 3.08. The largest absolute Gasteiger partial charge is 0.444 e. The molecule has 0 aromatic heterocycles. The van der Waals surface area contributed by atoms with Gasteiger partial charge in [-0.05, 0) is 71.1 Å². The quantitative estimate of drug-likeness (QED) is 0.757. The molecule has 2 bridgehead atoms. The van der Waals surface area contributed by atoms with E-state index in [1.54, 1.807) is 0 Å².